The molecule has 30 heavy (non-hydrogen) atoms. The van der Waals surface area contributed by atoms with E-state index in [2.05, 4.69) is 40.0 Å². The summed E-state index contributed by atoms with van der Waals surface area (Å²) in [5.41, 5.74) is 2.69. The van der Waals surface area contributed by atoms with Crippen molar-refractivity contribution in [3.05, 3.63) is 56.0 Å². The van der Waals surface area contributed by atoms with Crippen molar-refractivity contribution in [1.82, 2.24) is 4.90 Å². The van der Waals surface area contributed by atoms with E-state index in [1.807, 2.05) is 24.3 Å². The van der Waals surface area contributed by atoms with Gasteiger partial charge in [0.05, 0.1) is 25.2 Å². The van der Waals surface area contributed by atoms with Gasteiger partial charge in [-0.1, -0.05) is 35.8 Å². The van der Waals surface area contributed by atoms with Gasteiger partial charge in [-0.2, -0.15) is 0 Å². The molecule has 1 heterocycles. The number of nitro benzene ring substituents is 1. The van der Waals surface area contributed by atoms with Crippen molar-refractivity contribution in [3.63, 3.8) is 0 Å². The molecule has 0 aliphatic carbocycles. The van der Waals surface area contributed by atoms with E-state index >= 15 is 0 Å². The molecule has 3 rings (SSSR count). The van der Waals surface area contributed by atoms with Crippen molar-refractivity contribution >= 4 is 27.3 Å². The number of hydrogen-bond acceptors (Lipinski definition) is 6. The number of halogens is 1. The standard InChI is InChI=1S/C22H28BrN3O4/c1-14(2)7-8-25-13-16-9-17(23)11-18(26(27)28)22(16)24-12-19(25)15-5-6-20(29-3)21(10-15)30-4/h5-6,9-11,14,19,24H,7-8,12-13H2,1-4H3. The lowest BCUT2D eigenvalue weighted by molar-refractivity contribution is -0.384. The quantitative estimate of drug-likeness (QED) is 0.425. The number of hydrogen-bond donors (Lipinski definition) is 1. The second-order valence-corrected chi connectivity index (χ2v) is 8.80. The lowest BCUT2D eigenvalue weighted by Gasteiger charge is -2.31. The van der Waals surface area contributed by atoms with Crippen LogP contribution in [-0.2, 0) is 6.54 Å². The molecule has 1 N–H and O–H groups in total. The highest BCUT2D eigenvalue weighted by molar-refractivity contribution is 9.10. The number of rotatable bonds is 7. The minimum Gasteiger partial charge on any atom is -0.493 e. The molecule has 0 fully saturated rings. The summed E-state index contributed by atoms with van der Waals surface area (Å²) >= 11 is 3.43. The van der Waals surface area contributed by atoms with Crippen molar-refractivity contribution in [2.75, 3.05) is 32.6 Å². The highest BCUT2D eigenvalue weighted by atomic mass is 79.9. The van der Waals surface area contributed by atoms with E-state index in [-0.39, 0.29) is 16.7 Å². The normalized spacial score (nSPS) is 16.5. The molecule has 162 valence electrons. The molecule has 0 radical (unpaired) electrons. The summed E-state index contributed by atoms with van der Waals surface area (Å²) in [4.78, 5) is 13.7. The summed E-state index contributed by atoms with van der Waals surface area (Å²) in [6.07, 6.45) is 1.04. The molecule has 1 unspecified atom stereocenters. The maximum absolute atomic E-state index is 11.6. The van der Waals surface area contributed by atoms with Crippen molar-refractivity contribution in [1.29, 1.82) is 0 Å². The molecule has 2 aromatic carbocycles. The highest BCUT2D eigenvalue weighted by Crippen LogP contribution is 2.39. The van der Waals surface area contributed by atoms with Crippen LogP contribution in [0.4, 0.5) is 11.4 Å². The van der Waals surface area contributed by atoms with Gasteiger partial charge in [0.2, 0.25) is 0 Å². The van der Waals surface area contributed by atoms with Crippen LogP contribution in [0.2, 0.25) is 0 Å². The molecule has 1 aliphatic heterocycles. The van der Waals surface area contributed by atoms with Gasteiger partial charge in [-0.25, -0.2) is 0 Å². The van der Waals surface area contributed by atoms with Gasteiger partial charge < -0.3 is 14.8 Å². The Bertz CT molecular complexity index is 919. The number of nitro groups is 1. The van der Waals surface area contributed by atoms with Crippen LogP contribution in [0.5, 0.6) is 11.5 Å². The predicted molar refractivity (Wildman–Crippen MR) is 121 cm³/mol. The number of anilines is 1. The third-order valence-corrected chi connectivity index (χ3v) is 5.89. The maximum Gasteiger partial charge on any atom is 0.293 e. The van der Waals surface area contributed by atoms with Crippen molar-refractivity contribution < 1.29 is 14.4 Å². The Hall–Kier alpha value is -2.32. The van der Waals surface area contributed by atoms with Crippen LogP contribution >= 0.6 is 15.9 Å². The minimum absolute atomic E-state index is 0.0364. The minimum atomic E-state index is -0.328. The fourth-order valence-corrected chi connectivity index (χ4v) is 4.32. The molecule has 1 aliphatic rings. The van der Waals surface area contributed by atoms with Gasteiger partial charge in [-0.05, 0) is 48.2 Å². The van der Waals surface area contributed by atoms with E-state index in [1.165, 1.54) is 0 Å². The van der Waals surface area contributed by atoms with Crippen molar-refractivity contribution in [3.8, 4) is 11.5 Å². The van der Waals surface area contributed by atoms with Crippen molar-refractivity contribution in [2.24, 2.45) is 5.92 Å². The first-order valence-electron chi connectivity index (χ1n) is 10.0. The Morgan fingerprint density at radius 2 is 1.97 bits per heavy atom. The molecule has 0 bridgehead atoms. The fourth-order valence-electron chi connectivity index (χ4n) is 3.82. The van der Waals surface area contributed by atoms with Gasteiger partial charge in [0.1, 0.15) is 5.69 Å². The van der Waals surface area contributed by atoms with Crippen LogP contribution in [0.1, 0.15) is 37.4 Å². The van der Waals surface area contributed by atoms with Gasteiger partial charge in [-0.3, -0.25) is 15.0 Å². The zero-order chi connectivity index (χ0) is 21.8. The van der Waals surface area contributed by atoms with E-state index in [0.29, 0.717) is 40.7 Å². The zero-order valence-electron chi connectivity index (χ0n) is 17.8. The fraction of sp³-hybridized carbons (Fsp3) is 0.455. The number of benzene rings is 2. The van der Waals surface area contributed by atoms with E-state index < -0.39 is 0 Å². The summed E-state index contributed by atoms with van der Waals surface area (Å²) in [6, 6.07) is 9.50. The lowest BCUT2D eigenvalue weighted by Crippen LogP contribution is -2.32. The van der Waals surface area contributed by atoms with Crippen molar-refractivity contribution in [2.45, 2.75) is 32.9 Å². The molecule has 0 amide bonds. The van der Waals surface area contributed by atoms with Gasteiger partial charge in [0.25, 0.3) is 5.69 Å². The molecular formula is C22H28BrN3O4. The van der Waals surface area contributed by atoms with Crippen LogP contribution < -0.4 is 14.8 Å². The van der Waals surface area contributed by atoms with Crippen LogP contribution in [-0.4, -0.2) is 37.1 Å². The van der Waals surface area contributed by atoms with Gasteiger partial charge in [0.15, 0.2) is 11.5 Å². The molecular weight excluding hydrogens is 450 g/mol. The summed E-state index contributed by atoms with van der Waals surface area (Å²) < 4.78 is 11.6. The number of ether oxygens (including phenoxy) is 2. The van der Waals surface area contributed by atoms with Gasteiger partial charge in [0, 0.05) is 23.6 Å². The number of nitrogens with one attached hydrogen (secondary N) is 1. The average Bonchev–Trinajstić information content (AvgIpc) is 2.90. The van der Waals surface area contributed by atoms with E-state index in [0.717, 1.165) is 24.1 Å². The molecule has 0 spiro atoms. The largest absolute Gasteiger partial charge is 0.493 e. The van der Waals surface area contributed by atoms with E-state index in [9.17, 15) is 10.1 Å². The predicted octanol–water partition coefficient (Wildman–Crippen LogP) is 5.39. The Morgan fingerprint density at radius 1 is 1.23 bits per heavy atom. The maximum atomic E-state index is 11.6. The molecule has 0 saturated carbocycles. The second-order valence-electron chi connectivity index (χ2n) is 7.88. The first kappa shape index (κ1) is 22.4. The number of nitrogens with zero attached hydrogens (tertiary/aromatic N) is 2. The lowest BCUT2D eigenvalue weighted by atomic mass is 10.0. The van der Waals surface area contributed by atoms with E-state index in [4.69, 9.17) is 9.47 Å². The third-order valence-electron chi connectivity index (χ3n) is 5.43. The first-order chi connectivity index (χ1) is 14.3. The Labute approximate surface area is 185 Å². The topological polar surface area (TPSA) is 76.9 Å². The number of fused-ring (bicyclic) bond motifs is 1. The zero-order valence-corrected chi connectivity index (χ0v) is 19.4. The molecule has 1 atom stereocenters. The summed E-state index contributed by atoms with van der Waals surface area (Å²) in [5.74, 6) is 1.91. The summed E-state index contributed by atoms with van der Waals surface area (Å²) in [7, 11) is 3.24. The monoisotopic (exact) mass is 477 g/mol. The number of methoxy groups -OCH3 is 2. The van der Waals surface area contributed by atoms with Crippen LogP contribution in [0.25, 0.3) is 0 Å². The molecule has 8 heteroatoms. The van der Waals surface area contributed by atoms with Crippen LogP contribution in [0.3, 0.4) is 0 Å². The highest BCUT2D eigenvalue weighted by Gasteiger charge is 2.30. The van der Waals surface area contributed by atoms with Gasteiger partial charge >= 0.3 is 0 Å². The Kier molecular flexibility index (Phi) is 7.20. The molecule has 2 aromatic rings. The summed E-state index contributed by atoms with van der Waals surface area (Å²) in [5, 5.41) is 15.0. The first-order valence-corrected chi connectivity index (χ1v) is 10.8. The smallest absolute Gasteiger partial charge is 0.293 e. The second kappa shape index (κ2) is 9.66. The molecule has 7 nitrogen and oxygen atoms in total. The van der Waals surface area contributed by atoms with Gasteiger partial charge in [-0.15, -0.1) is 0 Å². The van der Waals surface area contributed by atoms with Crippen LogP contribution in [0, 0.1) is 16.0 Å². The Balaban J connectivity index is 2.02. The van der Waals surface area contributed by atoms with E-state index in [1.54, 1.807) is 20.3 Å². The SMILES string of the molecule is COc1ccc(C2CNc3c(cc(Br)cc3[N+](=O)[O-])CN2CCC(C)C)cc1OC. The summed E-state index contributed by atoms with van der Waals surface area (Å²) in [6.45, 7) is 6.48. The third kappa shape index (κ3) is 4.87. The molecule has 0 saturated heterocycles. The molecule has 0 aromatic heterocycles. The Morgan fingerprint density at radius 3 is 2.60 bits per heavy atom. The average molecular weight is 478 g/mol. The van der Waals surface area contributed by atoms with Crippen LogP contribution in [0.15, 0.2) is 34.8 Å².